The summed E-state index contributed by atoms with van der Waals surface area (Å²) < 4.78 is 1.87. The molecule has 0 unspecified atom stereocenters. The van der Waals surface area contributed by atoms with Crippen molar-refractivity contribution < 1.29 is 9.59 Å². The maximum Gasteiger partial charge on any atom is 0.240 e. The van der Waals surface area contributed by atoms with Crippen molar-refractivity contribution in [2.75, 3.05) is 23.7 Å². The molecule has 0 aliphatic carbocycles. The van der Waals surface area contributed by atoms with Gasteiger partial charge in [0.05, 0.1) is 22.4 Å². The molecule has 2 aromatic carbocycles. The van der Waals surface area contributed by atoms with Crippen LogP contribution >= 0.6 is 11.8 Å². The highest BCUT2D eigenvalue weighted by atomic mass is 32.2. The number of hydrogen-bond acceptors (Lipinski definition) is 4. The van der Waals surface area contributed by atoms with Gasteiger partial charge in [-0.25, -0.2) is 4.68 Å². The minimum absolute atomic E-state index is 0.0337. The lowest BCUT2D eigenvalue weighted by Crippen LogP contribution is -2.42. The highest BCUT2D eigenvalue weighted by molar-refractivity contribution is 8.00. The molecule has 36 heavy (non-hydrogen) atoms. The van der Waals surface area contributed by atoms with E-state index in [0.717, 1.165) is 34.5 Å². The summed E-state index contributed by atoms with van der Waals surface area (Å²) in [7, 11) is 0. The number of thioether (sulfide) groups is 1. The zero-order valence-corrected chi connectivity index (χ0v) is 22.9. The number of benzene rings is 2. The van der Waals surface area contributed by atoms with Gasteiger partial charge in [-0.1, -0.05) is 75.2 Å². The first-order valence-corrected chi connectivity index (χ1v) is 13.6. The van der Waals surface area contributed by atoms with Crippen LogP contribution < -0.4 is 10.2 Å². The second kappa shape index (κ2) is 10.5. The van der Waals surface area contributed by atoms with E-state index in [2.05, 4.69) is 57.3 Å². The van der Waals surface area contributed by atoms with Crippen LogP contribution in [0.4, 0.5) is 5.82 Å². The third kappa shape index (κ3) is 5.36. The number of amides is 2. The molecule has 1 N–H and O–H groups in total. The molecular weight excluding hydrogens is 468 g/mol. The maximum absolute atomic E-state index is 13.6. The van der Waals surface area contributed by atoms with Gasteiger partial charge >= 0.3 is 0 Å². The summed E-state index contributed by atoms with van der Waals surface area (Å²) in [5.74, 6) is 0.726. The number of carbonyl (C=O) groups is 2. The van der Waals surface area contributed by atoms with E-state index < -0.39 is 0 Å². The Labute approximate surface area is 218 Å². The van der Waals surface area contributed by atoms with Crippen LogP contribution in [0.5, 0.6) is 0 Å². The Hall–Kier alpha value is -3.06. The lowest BCUT2D eigenvalue weighted by Gasteiger charge is -2.24. The first-order valence-electron chi connectivity index (χ1n) is 12.6. The normalized spacial score (nSPS) is 16.0. The summed E-state index contributed by atoms with van der Waals surface area (Å²) in [5.41, 5.74) is 6.00. The number of aromatic nitrogens is 2. The molecule has 4 rings (SSSR count). The summed E-state index contributed by atoms with van der Waals surface area (Å²) in [5, 5.41) is 7.99. The van der Waals surface area contributed by atoms with Crippen LogP contribution in [0.25, 0.3) is 5.69 Å². The van der Waals surface area contributed by atoms with Crippen molar-refractivity contribution in [3.63, 3.8) is 0 Å². The van der Waals surface area contributed by atoms with Crippen LogP contribution in [0, 0.1) is 13.8 Å². The molecule has 0 bridgehead atoms. The second-order valence-electron chi connectivity index (χ2n) is 10.5. The summed E-state index contributed by atoms with van der Waals surface area (Å²) in [6.45, 7) is 13.1. The van der Waals surface area contributed by atoms with Gasteiger partial charge in [-0.15, -0.1) is 11.8 Å². The van der Waals surface area contributed by atoms with Crippen LogP contribution in [0.2, 0.25) is 0 Å². The summed E-state index contributed by atoms with van der Waals surface area (Å²) >= 11 is 1.61. The molecule has 190 valence electrons. The minimum atomic E-state index is -0.272. The van der Waals surface area contributed by atoms with Gasteiger partial charge in [0.1, 0.15) is 12.4 Å². The van der Waals surface area contributed by atoms with E-state index >= 15 is 0 Å². The van der Waals surface area contributed by atoms with E-state index in [0.29, 0.717) is 12.4 Å². The number of nitrogens with zero attached hydrogens (tertiary/aromatic N) is 3. The first-order chi connectivity index (χ1) is 17.1. The van der Waals surface area contributed by atoms with Crippen molar-refractivity contribution in [3.05, 3.63) is 76.5 Å². The van der Waals surface area contributed by atoms with Gasteiger partial charge < -0.3 is 5.32 Å². The number of hydrogen-bond donors (Lipinski definition) is 1. The average Bonchev–Trinajstić information content (AvgIpc) is 3.16. The Morgan fingerprint density at radius 3 is 2.47 bits per heavy atom. The number of aryl methyl sites for hydroxylation is 2. The number of fused-ring (bicyclic) bond motifs is 1. The number of carbonyl (C=O) groups excluding carboxylic acids is 2. The predicted octanol–water partition coefficient (Wildman–Crippen LogP) is 5.48. The molecule has 0 saturated heterocycles. The maximum atomic E-state index is 13.6. The monoisotopic (exact) mass is 504 g/mol. The van der Waals surface area contributed by atoms with Gasteiger partial charge in [-0.2, -0.15) is 5.10 Å². The molecule has 1 atom stereocenters. The van der Waals surface area contributed by atoms with Crippen molar-refractivity contribution in [3.8, 4) is 5.69 Å². The highest BCUT2D eigenvalue weighted by Crippen LogP contribution is 2.48. The average molecular weight is 505 g/mol. The van der Waals surface area contributed by atoms with Gasteiger partial charge in [0.25, 0.3) is 0 Å². The fourth-order valence-electron chi connectivity index (χ4n) is 4.50. The van der Waals surface area contributed by atoms with Crippen LogP contribution in [-0.4, -0.2) is 40.4 Å². The third-order valence-corrected chi connectivity index (χ3v) is 7.55. The van der Waals surface area contributed by atoms with Crippen LogP contribution in [0.3, 0.4) is 0 Å². The molecule has 2 amide bonds. The SMILES string of the molecule is CCCNC(=O)CN1C(=O)CS[C@H](c2cccc(C)c2)c2c(C(C)(C)C)nn(-c3ccc(C)cc3)c21. The van der Waals surface area contributed by atoms with Gasteiger partial charge in [-0.3, -0.25) is 14.5 Å². The molecule has 6 nitrogen and oxygen atoms in total. The van der Waals surface area contributed by atoms with Crippen molar-refractivity contribution in [2.45, 2.75) is 58.6 Å². The topological polar surface area (TPSA) is 67.2 Å². The Kier molecular flexibility index (Phi) is 7.59. The van der Waals surface area contributed by atoms with Crippen molar-refractivity contribution in [2.24, 2.45) is 0 Å². The first kappa shape index (κ1) is 26.0. The van der Waals surface area contributed by atoms with Gasteiger partial charge in [0, 0.05) is 17.5 Å². The highest BCUT2D eigenvalue weighted by Gasteiger charge is 2.39. The Balaban J connectivity index is 1.99. The molecular formula is C29H36N4O2S. The largest absolute Gasteiger partial charge is 0.355 e. The van der Waals surface area contributed by atoms with Crippen molar-refractivity contribution in [1.82, 2.24) is 15.1 Å². The molecule has 7 heteroatoms. The molecule has 1 aromatic heterocycles. The van der Waals surface area contributed by atoms with Crippen LogP contribution in [0.15, 0.2) is 48.5 Å². The Bertz CT molecular complexity index is 1260. The van der Waals surface area contributed by atoms with Crippen molar-refractivity contribution >= 4 is 29.4 Å². The Morgan fingerprint density at radius 1 is 1.11 bits per heavy atom. The minimum Gasteiger partial charge on any atom is -0.355 e. The molecule has 0 spiro atoms. The van der Waals surface area contributed by atoms with E-state index in [1.54, 1.807) is 16.7 Å². The van der Waals surface area contributed by atoms with Gasteiger partial charge in [0.2, 0.25) is 11.8 Å². The lowest BCUT2D eigenvalue weighted by atomic mass is 9.87. The van der Waals surface area contributed by atoms with Crippen LogP contribution in [0.1, 0.15) is 67.3 Å². The smallest absolute Gasteiger partial charge is 0.240 e. The Morgan fingerprint density at radius 2 is 1.83 bits per heavy atom. The fourth-order valence-corrected chi connectivity index (χ4v) is 5.69. The molecule has 0 fully saturated rings. The number of anilines is 1. The molecule has 1 aliphatic heterocycles. The van der Waals surface area contributed by atoms with E-state index in [1.165, 1.54) is 5.56 Å². The zero-order valence-electron chi connectivity index (χ0n) is 22.1. The van der Waals surface area contributed by atoms with Gasteiger partial charge in [-0.05, 0) is 38.0 Å². The lowest BCUT2D eigenvalue weighted by molar-refractivity contribution is -0.122. The summed E-state index contributed by atoms with van der Waals surface area (Å²) in [6.07, 6.45) is 0.839. The van der Waals surface area contributed by atoms with E-state index in [9.17, 15) is 9.59 Å². The van der Waals surface area contributed by atoms with E-state index in [-0.39, 0.29) is 34.8 Å². The standard InChI is InChI=1S/C29H36N4O2S/c1-7-15-30-23(34)17-32-24(35)18-36-26(21-10-8-9-20(3)16-21)25-27(29(4,5)6)31-33(28(25)32)22-13-11-19(2)12-14-22/h8-14,16,26H,7,15,17-18H2,1-6H3,(H,30,34)/t26-/m1/s1. The zero-order chi connectivity index (χ0) is 26.0. The summed E-state index contributed by atoms with van der Waals surface area (Å²) in [6, 6.07) is 16.6. The third-order valence-electron chi connectivity index (χ3n) is 6.30. The van der Waals surface area contributed by atoms with Crippen molar-refractivity contribution in [1.29, 1.82) is 0 Å². The van der Waals surface area contributed by atoms with Crippen LogP contribution in [-0.2, 0) is 15.0 Å². The molecule has 0 radical (unpaired) electrons. The quantitative estimate of drug-likeness (QED) is 0.483. The molecule has 3 aromatic rings. The number of rotatable bonds is 6. The molecule has 2 heterocycles. The van der Waals surface area contributed by atoms with E-state index in [4.69, 9.17) is 5.10 Å². The molecule has 0 saturated carbocycles. The van der Waals surface area contributed by atoms with Gasteiger partial charge in [0.15, 0.2) is 0 Å². The number of nitrogens with one attached hydrogen (secondary N) is 1. The summed E-state index contributed by atoms with van der Waals surface area (Å²) in [4.78, 5) is 28.1. The predicted molar refractivity (Wildman–Crippen MR) is 148 cm³/mol. The molecule has 1 aliphatic rings. The van der Waals surface area contributed by atoms with E-state index in [1.807, 2.05) is 42.8 Å². The second-order valence-corrected chi connectivity index (χ2v) is 11.6. The fraction of sp³-hybridized carbons (Fsp3) is 0.414.